The predicted molar refractivity (Wildman–Crippen MR) is 39.3 cm³/mol. The molecule has 0 radical (unpaired) electrons. The van der Waals surface area contributed by atoms with E-state index in [1.165, 1.54) is 0 Å². The van der Waals surface area contributed by atoms with Crippen molar-refractivity contribution in [1.29, 1.82) is 0 Å². The van der Waals surface area contributed by atoms with Gasteiger partial charge in [-0.25, -0.2) is 0 Å². The number of rotatable bonds is 0. The maximum atomic E-state index is 9.19. The molecule has 10 heavy (non-hydrogen) atoms. The zero-order chi connectivity index (χ0) is 8.08. The van der Waals surface area contributed by atoms with Gasteiger partial charge in [0.05, 0.1) is 6.26 Å². The highest BCUT2D eigenvalue weighted by atomic mass is 32.2. The van der Waals surface area contributed by atoms with E-state index in [2.05, 4.69) is 0 Å². The van der Waals surface area contributed by atoms with Crippen molar-refractivity contribution in [3.8, 4) is 0 Å². The summed E-state index contributed by atoms with van der Waals surface area (Å²) in [5.41, 5.74) is 0. The molecule has 0 aliphatic heterocycles. The Morgan fingerprint density at radius 1 is 1.40 bits per heavy atom. The van der Waals surface area contributed by atoms with E-state index in [-0.39, 0.29) is 23.1 Å². The maximum absolute atomic E-state index is 9.19. The van der Waals surface area contributed by atoms with Crippen molar-refractivity contribution in [3.05, 3.63) is 0 Å². The molecule has 0 heterocycles. The maximum Gasteiger partial charge on any atom is 0.316 e. The average Bonchev–Trinajstić information content (AvgIpc) is 1.19. The largest absolute Gasteiger partial charge is 0.481 e. The lowest BCUT2D eigenvalue weighted by molar-refractivity contribution is -0.134. The molecule has 0 spiro atoms. The van der Waals surface area contributed by atoms with Crippen LogP contribution in [0.4, 0.5) is 0 Å². The van der Waals surface area contributed by atoms with Gasteiger partial charge < -0.3 is 5.11 Å². The molecule has 2 N–H and O–H groups in total. The van der Waals surface area contributed by atoms with Crippen molar-refractivity contribution in [2.45, 2.75) is 6.92 Å². The van der Waals surface area contributed by atoms with Crippen LogP contribution in [0.2, 0.25) is 0 Å². The number of carboxylic acid groups (broad SMARTS) is 1. The molecule has 0 aromatic heterocycles. The zero-order valence-corrected chi connectivity index (χ0v) is 5.84. The summed E-state index contributed by atoms with van der Waals surface area (Å²) in [5, 5.41) is 7.42. The van der Waals surface area contributed by atoms with Crippen LogP contribution in [0, 0.1) is 0 Å². The van der Waals surface area contributed by atoms with Crippen molar-refractivity contribution in [3.63, 3.8) is 0 Å². The van der Waals surface area contributed by atoms with Crippen LogP contribution in [0.15, 0.2) is 0 Å². The predicted octanol–water partition coefficient (Wildman–Crippen LogP) is -1.32. The molecule has 0 rings (SSSR count). The van der Waals surface area contributed by atoms with Crippen molar-refractivity contribution in [2.75, 3.05) is 6.26 Å². The SMILES string of the molecule is CC(=O)O.CS(=O)(=O)O.[MgH2]. The summed E-state index contributed by atoms with van der Waals surface area (Å²) in [7, 11) is -3.67. The second-order valence-electron chi connectivity index (χ2n) is 1.25. The molecule has 0 bridgehead atoms. The molecule has 0 aliphatic rings. The van der Waals surface area contributed by atoms with E-state index < -0.39 is 16.1 Å². The van der Waals surface area contributed by atoms with Gasteiger partial charge in [-0.2, -0.15) is 8.42 Å². The van der Waals surface area contributed by atoms with Gasteiger partial charge in [0.1, 0.15) is 0 Å². The quantitative estimate of drug-likeness (QED) is 0.358. The van der Waals surface area contributed by atoms with Crippen LogP contribution < -0.4 is 0 Å². The summed E-state index contributed by atoms with van der Waals surface area (Å²) in [6.45, 7) is 1.08. The summed E-state index contributed by atoms with van der Waals surface area (Å²) >= 11 is 0. The lowest BCUT2D eigenvalue weighted by Gasteiger charge is -1.69. The Balaban J connectivity index is -0.0000000910. The highest BCUT2D eigenvalue weighted by Crippen LogP contribution is 1.60. The fourth-order valence-electron chi connectivity index (χ4n) is 0. The molecular weight excluding hydrogens is 172 g/mol. The van der Waals surface area contributed by atoms with Crippen LogP contribution in [0.1, 0.15) is 6.92 Å². The normalized spacial score (nSPS) is 8.30. The third-order valence-corrected chi connectivity index (χ3v) is 0. The lowest BCUT2D eigenvalue weighted by Crippen LogP contribution is -1.88. The first kappa shape index (κ1) is 16.6. The number of carbonyl (C=O) groups is 1. The molecule has 0 saturated carbocycles. The number of hydrogen-bond donors (Lipinski definition) is 2. The summed E-state index contributed by atoms with van der Waals surface area (Å²) in [5.74, 6) is -0.833. The molecule has 0 aromatic carbocycles. The van der Waals surface area contributed by atoms with Gasteiger partial charge in [-0.15, -0.1) is 0 Å². The second kappa shape index (κ2) is 7.26. The van der Waals surface area contributed by atoms with Gasteiger partial charge in [-0.3, -0.25) is 9.35 Å². The Morgan fingerprint density at radius 2 is 1.40 bits per heavy atom. The molecule has 0 amide bonds. The van der Waals surface area contributed by atoms with Crippen molar-refractivity contribution >= 4 is 39.1 Å². The van der Waals surface area contributed by atoms with Crippen LogP contribution in [0.25, 0.3) is 0 Å². The Bertz CT molecular complexity index is 159. The standard InChI is InChI=1S/C2H4O2.CH4O3S.Mg.2H/c1-2(3)4;1-5(2,3)4;;;/h1H3,(H,3,4);1H3,(H,2,3,4);;;. The van der Waals surface area contributed by atoms with Crippen LogP contribution >= 0.6 is 0 Å². The molecule has 0 fully saturated rings. The van der Waals surface area contributed by atoms with Gasteiger partial charge in [0.15, 0.2) is 0 Å². The van der Waals surface area contributed by atoms with Crippen molar-refractivity contribution in [2.24, 2.45) is 0 Å². The van der Waals surface area contributed by atoms with Gasteiger partial charge in [-0.1, -0.05) is 0 Å². The van der Waals surface area contributed by atoms with Crippen LogP contribution in [-0.2, 0) is 14.9 Å². The Hall–Kier alpha value is 0.146. The fourth-order valence-corrected chi connectivity index (χ4v) is 0. The second-order valence-corrected chi connectivity index (χ2v) is 2.72. The van der Waals surface area contributed by atoms with Gasteiger partial charge in [0.25, 0.3) is 16.1 Å². The topological polar surface area (TPSA) is 91.7 Å². The molecule has 0 aromatic rings. The highest BCUT2D eigenvalue weighted by molar-refractivity contribution is 7.85. The van der Waals surface area contributed by atoms with Gasteiger partial charge in [0, 0.05) is 6.92 Å². The molecule has 0 aliphatic carbocycles. The minimum Gasteiger partial charge on any atom is -0.481 e. The minimum atomic E-state index is -3.67. The van der Waals surface area contributed by atoms with Crippen LogP contribution in [-0.4, -0.2) is 53.4 Å². The van der Waals surface area contributed by atoms with Gasteiger partial charge >= 0.3 is 23.1 Å². The monoisotopic (exact) mass is 182 g/mol. The van der Waals surface area contributed by atoms with Gasteiger partial charge in [-0.05, 0) is 0 Å². The number of carboxylic acids is 1. The van der Waals surface area contributed by atoms with E-state index in [1.54, 1.807) is 0 Å². The first-order valence-corrected chi connectivity index (χ1v) is 3.70. The van der Waals surface area contributed by atoms with Crippen molar-refractivity contribution < 1.29 is 22.9 Å². The zero-order valence-electron chi connectivity index (χ0n) is 5.03. The van der Waals surface area contributed by atoms with E-state index in [0.29, 0.717) is 6.26 Å². The molecule has 0 atom stereocenters. The molecule has 7 heteroatoms. The Morgan fingerprint density at radius 3 is 1.40 bits per heavy atom. The number of hydrogen-bond acceptors (Lipinski definition) is 3. The van der Waals surface area contributed by atoms with E-state index in [4.69, 9.17) is 14.5 Å². The third-order valence-electron chi connectivity index (χ3n) is 0. The first-order chi connectivity index (χ1) is 3.73. The molecule has 0 unspecified atom stereocenters. The van der Waals surface area contributed by atoms with E-state index in [0.717, 1.165) is 6.92 Å². The van der Waals surface area contributed by atoms with Crippen molar-refractivity contribution in [1.82, 2.24) is 0 Å². The molecular formula is C3H10MgO5S. The lowest BCUT2D eigenvalue weighted by atomic mass is 10.9. The first-order valence-electron chi connectivity index (χ1n) is 1.85. The van der Waals surface area contributed by atoms with Crippen LogP contribution in [0.3, 0.4) is 0 Å². The number of aliphatic carboxylic acids is 1. The summed E-state index contributed by atoms with van der Waals surface area (Å²) in [6.07, 6.45) is 0.715. The smallest absolute Gasteiger partial charge is 0.316 e. The summed E-state index contributed by atoms with van der Waals surface area (Å²) in [4.78, 5) is 9.00. The van der Waals surface area contributed by atoms with Gasteiger partial charge in [0.2, 0.25) is 0 Å². The average molecular weight is 182 g/mol. The summed E-state index contributed by atoms with van der Waals surface area (Å²) < 4.78 is 25.9. The molecule has 5 nitrogen and oxygen atoms in total. The minimum absolute atomic E-state index is 0. The van der Waals surface area contributed by atoms with E-state index in [9.17, 15) is 8.42 Å². The van der Waals surface area contributed by atoms with Crippen LogP contribution in [0.5, 0.6) is 0 Å². The summed E-state index contributed by atoms with van der Waals surface area (Å²) in [6, 6.07) is 0. The highest BCUT2D eigenvalue weighted by Gasteiger charge is 1.81. The molecule has 0 saturated heterocycles. The third kappa shape index (κ3) is 19500. The molecule has 60 valence electrons. The van der Waals surface area contributed by atoms with E-state index >= 15 is 0 Å². The Kier molecular flexibility index (Phi) is 12.1. The van der Waals surface area contributed by atoms with E-state index in [1.807, 2.05) is 0 Å². The fraction of sp³-hybridized carbons (Fsp3) is 0.667. The Labute approximate surface area is 75.3 Å².